The predicted molar refractivity (Wildman–Crippen MR) is 48.4 cm³/mol. The summed E-state index contributed by atoms with van der Waals surface area (Å²) in [5, 5.41) is 0. The molecule has 0 aliphatic rings. The van der Waals surface area contributed by atoms with Gasteiger partial charge >= 0.3 is 0 Å². The molecule has 2 heterocycles. The van der Waals surface area contributed by atoms with Gasteiger partial charge < -0.3 is 4.74 Å². The first-order valence-electron chi connectivity index (χ1n) is 4.09. The van der Waals surface area contributed by atoms with Crippen LogP contribution in [-0.2, 0) is 11.3 Å². The molecule has 2 rings (SSSR count). The van der Waals surface area contributed by atoms with Gasteiger partial charge in [-0.05, 0) is 6.92 Å². The second-order valence-electron chi connectivity index (χ2n) is 2.88. The minimum absolute atomic E-state index is 0.580. The molecule has 0 fully saturated rings. The molecule has 0 bridgehead atoms. The third kappa shape index (κ3) is 1.29. The van der Waals surface area contributed by atoms with Crippen LogP contribution < -0.4 is 0 Å². The lowest BCUT2D eigenvalue weighted by Crippen LogP contribution is -1.96. The molecular formula is C9H11N3O. The van der Waals surface area contributed by atoms with Gasteiger partial charge in [-0.1, -0.05) is 0 Å². The molecule has 0 unspecified atom stereocenters. The zero-order valence-electron chi connectivity index (χ0n) is 7.69. The lowest BCUT2D eigenvalue weighted by atomic mass is 10.4. The van der Waals surface area contributed by atoms with Crippen LogP contribution in [0.1, 0.15) is 11.4 Å². The molecule has 0 aliphatic carbocycles. The fourth-order valence-electron chi connectivity index (χ4n) is 1.39. The van der Waals surface area contributed by atoms with Crippen LogP contribution in [0.5, 0.6) is 0 Å². The lowest BCUT2D eigenvalue weighted by Gasteiger charge is -1.99. The van der Waals surface area contributed by atoms with E-state index < -0.39 is 0 Å². The summed E-state index contributed by atoms with van der Waals surface area (Å²) < 4.78 is 7.09. The first kappa shape index (κ1) is 8.19. The Morgan fingerprint density at radius 3 is 3.15 bits per heavy atom. The topological polar surface area (TPSA) is 39.4 Å². The van der Waals surface area contributed by atoms with Crippen LogP contribution in [0, 0.1) is 6.92 Å². The summed E-state index contributed by atoms with van der Waals surface area (Å²) in [6.45, 7) is 2.55. The molecule has 0 N–H and O–H groups in total. The summed E-state index contributed by atoms with van der Waals surface area (Å²) in [6.07, 6.45) is 5.38. The number of hydrogen-bond donors (Lipinski definition) is 0. The molecular weight excluding hydrogens is 166 g/mol. The smallest absolute Gasteiger partial charge is 0.155 e. The van der Waals surface area contributed by atoms with Crippen LogP contribution in [0.15, 0.2) is 18.6 Å². The Labute approximate surface area is 76.2 Å². The average molecular weight is 177 g/mol. The number of rotatable bonds is 2. The van der Waals surface area contributed by atoms with Crippen molar-refractivity contribution in [3.63, 3.8) is 0 Å². The Kier molecular flexibility index (Phi) is 1.98. The van der Waals surface area contributed by atoms with Crippen LogP contribution in [-0.4, -0.2) is 21.5 Å². The predicted octanol–water partition coefficient (Wildman–Crippen LogP) is 1.18. The molecule has 0 saturated heterocycles. The maximum atomic E-state index is 5.09. The Morgan fingerprint density at radius 2 is 2.38 bits per heavy atom. The van der Waals surface area contributed by atoms with E-state index >= 15 is 0 Å². The lowest BCUT2D eigenvalue weighted by molar-refractivity contribution is 0.180. The van der Waals surface area contributed by atoms with Gasteiger partial charge in [-0.2, -0.15) is 0 Å². The summed E-state index contributed by atoms with van der Waals surface area (Å²) in [7, 11) is 1.68. The summed E-state index contributed by atoms with van der Waals surface area (Å²) in [4.78, 5) is 8.36. The van der Waals surface area contributed by atoms with Crippen molar-refractivity contribution >= 4 is 5.65 Å². The van der Waals surface area contributed by atoms with Gasteiger partial charge in [-0.3, -0.25) is 9.38 Å². The number of methoxy groups -OCH3 is 1. The molecule has 2 aromatic rings. The summed E-state index contributed by atoms with van der Waals surface area (Å²) >= 11 is 0. The van der Waals surface area contributed by atoms with Crippen LogP contribution in [0.25, 0.3) is 5.65 Å². The summed E-state index contributed by atoms with van der Waals surface area (Å²) in [6, 6.07) is 0. The van der Waals surface area contributed by atoms with Crippen LogP contribution in [0.2, 0.25) is 0 Å². The molecule has 4 nitrogen and oxygen atoms in total. The van der Waals surface area contributed by atoms with E-state index in [4.69, 9.17) is 4.74 Å². The van der Waals surface area contributed by atoms with Gasteiger partial charge in [-0.25, -0.2) is 4.98 Å². The van der Waals surface area contributed by atoms with E-state index in [2.05, 4.69) is 9.97 Å². The Balaban J connectivity index is 2.64. The fourth-order valence-corrected chi connectivity index (χ4v) is 1.39. The number of aryl methyl sites for hydroxylation is 1. The third-order valence-corrected chi connectivity index (χ3v) is 2.01. The van der Waals surface area contributed by atoms with Crippen LogP contribution in [0.3, 0.4) is 0 Å². The van der Waals surface area contributed by atoms with E-state index in [1.54, 1.807) is 19.5 Å². The van der Waals surface area contributed by atoms with Gasteiger partial charge in [0.25, 0.3) is 0 Å². The normalized spacial score (nSPS) is 10.9. The number of ether oxygens (including phenoxy) is 1. The number of hydrogen-bond acceptors (Lipinski definition) is 3. The Morgan fingerprint density at radius 1 is 1.54 bits per heavy atom. The SMILES string of the molecule is COCc1c(C)nc2cnccn12. The van der Waals surface area contributed by atoms with Gasteiger partial charge in [0.2, 0.25) is 0 Å². The highest BCUT2D eigenvalue weighted by molar-refractivity contribution is 5.40. The van der Waals surface area contributed by atoms with Gasteiger partial charge in [0.15, 0.2) is 5.65 Å². The van der Waals surface area contributed by atoms with E-state index in [1.807, 2.05) is 17.5 Å². The zero-order valence-corrected chi connectivity index (χ0v) is 7.69. The average Bonchev–Trinajstić information content (AvgIpc) is 2.44. The van der Waals surface area contributed by atoms with Crippen LogP contribution in [0.4, 0.5) is 0 Å². The van der Waals surface area contributed by atoms with E-state index in [1.165, 1.54) is 0 Å². The number of nitrogens with zero attached hydrogens (tertiary/aromatic N) is 3. The number of fused-ring (bicyclic) bond motifs is 1. The summed E-state index contributed by atoms with van der Waals surface area (Å²) in [5.41, 5.74) is 2.95. The summed E-state index contributed by atoms with van der Waals surface area (Å²) in [5.74, 6) is 0. The van der Waals surface area contributed by atoms with Crippen molar-refractivity contribution in [1.82, 2.24) is 14.4 Å². The van der Waals surface area contributed by atoms with E-state index in [0.29, 0.717) is 6.61 Å². The molecule has 0 aliphatic heterocycles. The van der Waals surface area contributed by atoms with Gasteiger partial charge in [0, 0.05) is 19.5 Å². The molecule has 13 heavy (non-hydrogen) atoms. The van der Waals surface area contributed by atoms with Gasteiger partial charge in [0.1, 0.15) is 0 Å². The molecule has 0 saturated carbocycles. The quantitative estimate of drug-likeness (QED) is 0.691. The molecule has 4 heteroatoms. The Hall–Kier alpha value is -1.42. The van der Waals surface area contributed by atoms with Crippen molar-refractivity contribution in [3.8, 4) is 0 Å². The molecule has 68 valence electrons. The highest BCUT2D eigenvalue weighted by Crippen LogP contribution is 2.10. The fraction of sp³-hybridized carbons (Fsp3) is 0.333. The number of aromatic nitrogens is 3. The molecule has 0 radical (unpaired) electrons. The van der Waals surface area contributed by atoms with Gasteiger partial charge in [0.05, 0.1) is 24.2 Å². The van der Waals surface area contributed by atoms with Crippen molar-refractivity contribution < 1.29 is 4.74 Å². The minimum atomic E-state index is 0.580. The molecule has 0 atom stereocenters. The molecule has 2 aromatic heterocycles. The van der Waals surface area contributed by atoms with Crippen molar-refractivity contribution in [2.75, 3.05) is 7.11 Å². The van der Waals surface area contributed by atoms with E-state index in [0.717, 1.165) is 17.0 Å². The minimum Gasteiger partial charge on any atom is -0.378 e. The number of imidazole rings is 1. The molecule has 0 spiro atoms. The van der Waals surface area contributed by atoms with Crippen molar-refractivity contribution in [2.24, 2.45) is 0 Å². The highest BCUT2D eigenvalue weighted by atomic mass is 16.5. The van der Waals surface area contributed by atoms with Crippen molar-refractivity contribution in [1.29, 1.82) is 0 Å². The second-order valence-corrected chi connectivity index (χ2v) is 2.88. The highest BCUT2D eigenvalue weighted by Gasteiger charge is 2.06. The van der Waals surface area contributed by atoms with E-state index in [-0.39, 0.29) is 0 Å². The second kappa shape index (κ2) is 3.14. The third-order valence-electron chi connectivity index (χ3n) is 2.01. The molecule has 0 aromatic carbocycles. The van der Waals surface area contributed by atoms with E-state index in [9.17, 15) is 0 Å². The maximum absolute atomic E-state index is 5.09. The monoisotopic (exact) mass is 177 g/mol. The van der Waals surface area contributed by atoms with Crippen molar-refractivity contribution in [3.05, 3.63) is 30.0 Å². The maximum Gasteiger partial charge on any atom is 0.155 e. The largest absolute Gasteiger partial charge is 0.378 e. The van der Waals surface area contributed by atoms with Crippen LogP contribution >= 0.6 is 0 Å². The first-order valence-corrected chi connectivity index (χ1v) is 4.09. The standard InChI is InChI=1S/C9H11N3O/c1-7-8(6-13-2)12-4-3-10-5-9(12)11-7/h3-5H,6H2,1-2H3. The van der Waals surface area contributed by atoms with Gasteiger partial charge in [-0.15, -0.1) is 0 Å². The first-order chi connectivity index (χ1) is 6.33. The Bertz CT molecular complexity index is 422. The van der Waals surface area contributed by atoms with Crippen molar-refractivity contribution in [2.45, 2.75) is 13.5 Å². The molecule has 0 amide bonds. The zero-order chi connectivity index (χ0) is 9.26.